The molecule has 0 atom stereocenters. The van der Waals surface area contributed by atoms with E-state index >= 15 is 0 Å². The molecule has 0 aromatic heterocycles. The highest BCUT2D eigenvalue weighted by atomic mass is 16.2. The zero-order valence-electron chi connectivity index (χ0n) is 14.5. The van der Waals surface area contributed by atoms with E-state index in [-0.39, 0.29) is 18.4 Å². The Morgan fingerprint density at radius 1 is 1.04 bits per heavy atom. The lowest BCUT2D eigenvalue weighted by molar-refractivity contribution is -0.132. The summed E-state index contributed by atoms with van der Waals surface area (Å²) < 4.78 is 0. The summed E-state index contributed by atoms with van der Waals surface area (Å²) in [6.07, 6.45) is 0.733. The molecule has 24 heavy (non-hydrogen) atoms. The van der Waals surface area contributed by atoms with Gasteiger partial charge in [-0.15, -0.1) is 0 Å². The number of rotatable bonds is 6. The molecule has 2 amide bonds. The summed E-state index contributed by atoms with van der Waals surface area (Å²) in [7, 11) is 0. The molecule has 0 spiro atoms. The molecule has 0 aliphatic rings. The average Bonchev–Trinajstić information content (AvgIpc) is 2.55. The first kappa shape index (κ1) is 17.7. The van der Waals surface area contributed by atoms with Crippen LogP contribution in [-0.4, -0.2) is 29.8 Å². The second kappa shape index (κ2) is 8.29. The van der Waals surface area contributed by atoms with Gasteiger partial charge in [-0.25, -0.2) is 0 Å². The van der Waals surface area contributed by atoms with Gasteiger partial charge in [0.25, 0.3) is 0 Å². The molecule has 0 heterocycles. The summed E-state index contributed by atoms with van der Waals surface area (Å²) in [6.45, 7) is 6.02. The van der Waals surface area contributed by atoms with Gasteiger partial charge in [0.2, 0.25) is 11.8 Å². The fourth-order valence-corrected chi connectivity index (χ4v) is 2.49. The van der Waals surface area contributed by atoms with E-state index in [0.29, 0.717) is 6.54 Å². The molecule has 0 saturated carbocycles. The zero-order valence-corrected chi connectivity index (χ0v) is 14.5. The minimum Gasteiger partial charge on any atom is -0.333 e. The van der Waals surface area contributed by atoms with E-state index in [1.807, 2.05) is 62.4 Å². The monoisotopic (exact) mass is 324 g/mol. The summed E-state index contributed by atoms with van der Waals surface area (Å²) in [6, 6.07) is 15.9. The normalized spacial score (nSPS) is 10.3. The summed E-state index contributed by atoms with van der Waals surface area (Å²) >= 11 is 0. The molecule has 126 valence electrons. The lowest BCUT2D eigenvalue weighted by atomic mass is 10.1. The van der Waals surface area contributed by atoms with Crippen LogP contribution in [0.1, 0.15) is 23.6 Å². The summed E-state index contributed by atoms with van der Waals surface area (Å²) in [5.74, 6) is -0.269. The van der Waals surface area contributed by atoms with E-state index < -0.39 is 0 Å². The van der Waals surface area contributed by atoms with E-state index in [9.17, 15) is 9.59 Å². The highest BCUT2D eigenvalue weighted by molar-refractivity contribution is 5.94. The van der Waals surface area contributed by atoms with Gasteiger partial charge in [0.15, 0.2) is 0 Å². The first-order chi connectivity index (χ1) is 11.5. The van der Waals surface area contributed by atoms with Crippen molar-refractivity contribution in [2.24, 2.45) is 0 Å². The molecule has 0 aliphatic carbocycles. The Morgan fingerprint density at radius 3 is 2.42 bits per heavy atom. The van der Waals surface area contributed by atoms with Gasteiger partial charge in [-0.05, 0) is 43.0 Å². The van der Waals surface area contributed by atoms with Crippen LogP contribution in [0, 0.1) is 13.8 Å². The first-order valence-electron chi connectivity index (χ1n) is 8.12. The molecular formula is C20H24N2O2. The largest absolute Gasteiger partial charge is 0.333 e. The number of nitrogens with one attached hydrogen (secondary N) is 1. The summed E-state index contributed by atoms with van der Waals surface area (Å²) in [5.41, 5.74) is 4.04. The van der Waals surface area contributed by atoms with Crippen molar-refractivity contribution < 1.29 is 9.59 Å². The molecule has 2 rings (SSSR count). The molecule has 0 fully saturated rings. The quantitative estimate of drug-likeness (QED) is 0.886. The van der Waals surface area contributed by atoms with Gasteiger partial charge in [-0.1, -0.05) is 42.5 Å². The summed E-state index contributed by atoms with van der Waals surface area (Å²) in [4.78, 5) is 25.7. The number of carbonyl (C=O) groups is 2. The Bertz CT molecular complexity index is 711. The molecule has 1 N–H and O–H groups in total. The van der Waals surface area contributed by atoms with Crippen LogP contribution in [0.5, 0.6) is 0 Å². The molecule has 4 heteroatoms. The third kappa shape index (κ3) is 5.23. The third-order valence-electron chi connectivity index (χ3n) is 3.96. The van der Waals surface area contributed by atoms with Gasteiger partial charge in [0, 0.05) is 19.2 Å². The predicted octanol–water partition coefficient (Wildman–Crippen LogP) is 3.33. The highest BCUT2D eigenvalue weighted by Gasteiger charge is 2.14. The fraction of sp³-hybridized carbons (Fsp3) is 0.300. The second-order valence-corrected chi connectivity index (χ2v) is 6.04. The lowest BCUT2D eigenvalue weighted by Crippen LogP contribution is -2.38. The fourth-order valence-electron chi connectivity index (χ4n) is 2.49. The maximum atomic E-state index is 12.3. The molecule has 0 radical (unpaired) electrons. The van der Waals surface area contributed by atoms with Gasteiger partial charge >= 0.3 is 0 Å². The lowest BCUT2D eigenvalue weighted by Gasteiger charge is -2.21. The molecular weight excluding hydrogens is 300 g/mol. The van der Waals surface area contributed by atoms with E-state index in [2.05, 4.69) is 5.32 Å². The number of amides is 2. The zero-order chi connectivity index (χ0) is 17.5. The maximum Gasteiger partial charge on any atom is 0.244 e. The van der Waals surface area contributed by atoms with Crippen LogP contribution in [0.4, 0.5) is 5.69 Å². The average molecular weight is 324 g/mol. The Balaban J connectivity index is 1.95. The van der Waals surface area contributed by atoms with Crippen LogP contribution in [0.25, 0.3) is 0 Å². The first-order valence-corrected chi connectivity index (χ1v) is 8.12. The van der Waals surface area contributed by atoms with Crippen LogP contribution in [0.15, 0.2) is 48.5 Å². The van der Waals surface area contributed by atoms with Crippen molar-refractivity contribution >= 4 is 17.5 Å². The van der Waals surface area contributed by atoms with Gasteiger partial charge in [0.05, 0.1) is 6.54 Å². The summed E-state index contributed by atoms with van der Waals surface area (Å²) in [5, 5.41) is 2.90. The van der Waals surface area contributed by atoms with Crippen molar-refractivity contribution in [1.82, 2.24) is 4.90 Å². The standard InChI is InChI=1S/C20H24N2O2/c1-15-9-10-16(2)19(13-15)21-20(24)14-22(17(3)23)12-11-18-7-5-4-6-8-18/h4-10,13H,11-12,14H2,1-3H3,(H,21,24). The Hall–Kier alpha value is -2.62. The van der Waals surface area contributed by atoms with Crippen molar-refractivity contribution in [3.63, 3.8) is 0 Å². The van der Waals surface area contributed by atoms with Crippen LogP contribution in [0.2, 0.25) is 0 Å². The van der Waals surface area contributed by atoms with Crippen LogP contribution >= 0.6 is 0 Å². The number of hydrogen-bond acceptors (Lipinski definition) is 2. The van der Waals surface area contributed by atoms with Gasteiger partial charge < -0.3 is 10.2 Å². The number of carbonyl (C=O) groups excluding carboxylic acids is 2. The Morgan fingerprint density at radius 2 is 1.75 bits per heavy atom. The van der Waals surface area contributed by atoms with Crippen molar-refractivity contribution in [2.75, 3.05) is 18.4 Å². The smallest absolute Gasteiger partial charge is 0.244 e. The number of anilines is 1. The highest BCUT2D eigenvalue weighted by Crippen LogP contribution is 2.16. The van der Waals surface area contributed by atoms with E-state index in [4.69, 9.17) is 0 Å². The van der Waals surface area contributed by atoms with Gasteiger partial charge in [-0.3, -0.25) is 9.59 Å². The number of hydrogen-bond donors (Lipinski definition) is 1. The van der Waals surface area contributed by atoms with Crippen LogP contribution in [-0.2, 0) is 16.0 Å². The number of aryl methyl sites for hydroxylation is 2. The van der Waals surface area contributed by atoms with E-state index in [1.54, 1.807) is 4.90 Å². The molecule has 4 nitrogen and oxygen atoms in total. The minimum absolute atomic E-state index is 0.0650. The van der Waals surface area contributed by atoms with E-state index in [1.165, 1.54) is 6.92 Å². The number of benzene rings is 2. The van der Waals surface area contributed by atoms with Crippen molar-refractivity contribution in [3.05, 3.63) is 65.2 Å². The van der Waals surface area contributed by atoms with Crippen molar-refractivity contribution in [3.8, 4) is 0 Å². The minimum atomic E-state index is -0.174. The Labute approximate surface area is 143 Å². The molecule has 0 unspecified atom stereocenters. The van der Waals surface area contributed by atoms with Crippen molar-refractivity contribution in [1.29, 1.82) is 0 Å². The predicted molar refractivity (Wildman–Crippen MR) is 96.9 cm³/mol. The van der Waals surface area contributed by atoms with Crippen LogP contribution < -0.4 is 5.32 Å². The second-order valence-electron chi connectivity index (χ2n) is 6.04. The molecule has 0 bridgehead atoms. The third-order valence-corrected chi connectivity index (χ3v) is 3.96. The number of nitrogens with zero attached hydrogens (tertiary/aromatic N) is 1. The molecule has 0 saturated heterocycles. The van der Waals surface area contributed by atoms with Gasteiger partial charge in [0.1, 0.15) is 0 Å². The van der Waals surface area contributed by atoms with Gasteiger partial charge in [-0.2, -0.15) is 0 Å². The SMILES string of the molecule is CC(=O)N(CCc1ccccc1)CC(=O)Nc1cc(C)ccc1C. The Kier molecular flexibility index (Phi) is 6.13. The molecule has 0 aliphatic heterocycles. The van der Waals surface area contributed by atoms with Crippen molar-refractivity contribution in [2.45, 2.75) is 27.2 Å². The topological polar surface area (TPSA) is 49.4 Å². The molecule has 2 aromatic carbocycles. The molecule has 2 aromatic rings. The maximum absolute atomic E-state index is 12.3. The van der Waals surface area contributed by atoms with E-state index in [0.717, 1.165) is 28.8 Å². The van der Waals surface area contributed by atoms with Crippen LogP contribution in [0.3, 0.4) is 0 Å².